The van der Waals surface area contributed by atoms with Crippen molar-refractivity contribution in [3.05, 3.63) is 12.3 Å². The number of amides is 1. The van der Waals surface area contributed by atoms with E-state index in [9.17, 15) is 4.79 Å². The molecule has 0 aliphatic heterocycles. The van der Waals surface area contributed by atoms with Crippen LogP contribution in [0.4, 0.5) is 5.82 Å². The lowest BCUT2D eigenvalue weighted by molar-refractivity contribution is -0.117. The van der Waals surface area contributed by atoms with E-state index in [0.717, 1.165) is 0 Å². The van der Waals surface area contributed by atoms with Crippen LogP contribution in [0.25, 0.3) is 0 Å². The summed E-state index contributed by atoms with van der Waals surface area (Å²) in [4.78, 5) is 11.2. The molecule has 0 aromatic carbocycles. The van der Waals surface area contributed by atoms with Crippen molar-refractivity contribution in [2.45, 2.75) is 19.4 Å². The number of nitrogens with zero attached hydrogens (tertiary/aromatic N) is 1. The Hall–Kier alpha value is -1.36. The third kappa shape index (κ3) is 2.06. The van der Waals surface area contributed by atoms with Crippen LogP contribution in [0.1, 0.15) is 13.3 Å². The maximum atomic E-state index is 11.2. The summed E-state index contributed by atoms with van der Waals surface area (Å²) in [5, 5.41) is 8.88. The summed E-state index contributed by atoms with van der Waals surface area (Å²) >= 11 is 0. The fraction of sp³-hybridized carbons (Fsp3) is 0.429. The van der Waals surface area contributed by atoms with Gasteiger partial charge in [0, 0.05) is 6.07 Å². The van der Waals surface area contributed by atoms with Crippen LogP contribution in [0.2, 0.25) is 0 Å². The van der Waals surface area contributed by atoms with Crippen molar-refractivity contribution in [2.75, 3.05) is 5.32 Å². The van der Waals surface area contributed by atoms with Gasteiger partial charge in [-0.15, -0.1) is 0 Å². The highest BCUT2D eigenvalue weighted by atomic mass is 16.2. The minimum Gasteiger partial charge on any atom is -0.320 e. The first-order valence-electron chi connectivity index (χ1n) is 3.80. The average Bonchev–Trinajstić information content (AvgIpc) is 2.55. The molecule has 0 radical (unpaired) electrons. The lowest BCUT2D eigenvalue weighted by Crippen LogP contribution is -2.34. The third-order valence-corrected chi connectivity index (χ3v) is 1.54. The lowest BCUT2D eigenvalue weighted by Gasteiger charge is -2.07. The van der Waals surface area contributed by atoms with Crippen LogP contribution >= 0.6 is 0 Å². The molecule has 0 fully saturated rings. The van der Waals surface area contributed by atoms with Crippen LogP contribution in [0.15, 0.2) is 12.3 Å². The Balaban J connectivity index is 2.47. The summed E-state index contributed by atoms with van der Waals surface area (Å²) in [6.07, 6.45) is 2.19. The quantitative estimate of drug-likeness (QED) is 0.597. The van der Waals surface area contributed by atoms with E-state index >= 15 is 0 Å². The van der Waals surface area contributed by atoms with E-state index in [1.54, 1.807) is 12.3 Å². The predicted octanol–water partition coefficient (Wildman–Crippen LogP) is 0.0855. The summed E-state index contributed by atoms with van der Waals surface area (Å²) in [5.41, 5.74) is 5.49. The van der Waals surface area contributed by atoms with Crippen molar-refractivity contribution in [2.24, 2.45) is 5.73 Å². The lowest BCUT2D eigenvalue weighted by atomic mass is 10.2. The van der Waals surface area contributed by atoms with E-state index in [2.05, 4.69) is 15.5 Å². The molecule has 1 rings (SSSR count). The van der Waals surface area contributed by atoms with Gasteiger partial charge in [0.05, 0.1) is 12.2 Å². The van der Waals surface area contributed by atoms with Gasteiger partial charge >= 0.3 is 0 Å². The molecule has 4 N–H and O–H groups in total. The molecular weight excluding hydrogens is 156 g/mol. The number of hydrogen-bond donors (Lipinski definition) is 3. The van der Waals surface area contributed by atoms with Gasteiger partial charge in [0.1, 0.15) is 5.82 Å². The molecule has 1 heterocycles. The zero-order chi connectivity index (χ0) is 8.97. The van der Waals surface area contributed by atoms with Gasteiger partial charge in [-0.2, -0.15) is 5.10 Å². The summed E-state index contributed by atoms with van der Waals surface area (Å²) in [7, 11) is 0. The highest BCUT2D eigenvalue weighted by Crippen LogP contribution is 1.99. The van der Waals surface area contributed by atoms with E-state index in [0.29, 0.717) is 12.2 Å². The fourth-order valence-corrected chi connectivity index (χ4v) is 0.736. The first-order valence-corrected chi connectivity index (χ1v) is 3.80. The van der Waals surface area contributed by atoms with Gasteiger partial charge in [-0.1, -0.05) is 6.92 Å². The van der Waals surface area contributed by atoms with Crippen molar-refractivity contribution >= 4 is 11.7 Å². The molecule has 12 heavy (non-hydrogen) atoms. The molecule has 1 atom stereocenters. The number of rotatable bonds is 3. The number of carbonyl (C=O) groups is 1. The second-order valence-electron chi connectivity index (χ2n) is 2.47. The maximum Gasteiger partial charge on any atom is 0.242 e. The largest absolute Gasteiger partial charge is 0.320 e. The Morgan fingerprint density at radius 2 is 2.67 bits per heavy atom. The molecule has 66 valence electrons. The molecular formula is C7H12N4O. The predicted molar refractivity (Wildman–Crippen MR) is 45.5 cm³/mol. The van der Waals surface area contributed by atoms with Crippen LogP contribution in [-0.2, 0) is 4.79 Å². The van der Waals surface area contributed by atoms with Gasteiger partial charge in [-0.05, 0) is 6.42 Å². The highest BCUT2D eigenvalue weighted by molar-refractivity contribution is 5.93. The Morgan fingerprint density at radius 3 is 3.17 bits per heavy atom. The zero-order valence-corrected chi connectivity index (χ0v) is 6.87. The first kappa shape index (κ1) is 8.73. The van der Waals surface area contributed by atoms with Gasteiger partial charge < -0.3 is 11.1 Å². The van der Waals surface area contributed by atoms with Crippen molar-refractivity contribution in [3.8, 4) is 0 Å². The van der Waals surface area contributed by atoms with Crippen LogP contribution in [-0.4, -0.2) is 22.1 Å². The molecule has 0 aliphatic rings. The Kier molecular flexibility index (Phi) is 2.82. The summed E-state index contributed by atoms with van der Waals surface area (Å²) < 4.78 is 0. The molecule has 0 aliphatic carbocycles. The summed E-state index contributed by atoms with van der Waals surface area (Å²) in [6.45, 7) is 1.86. The number of aromatic nitrogens is 2. The fourth-order valence-electron chi connectivity index (χ4n) is 0.736. The second-order valence-corrected chi connectivity index (χ2v) is 2.47. The molecule has 0 spiro atoms. The zero-order valence-electron chi connectivity index (χ0n) is 6.87. The molecule has 0 bridgehead atoms. The molecule has 5 nitrogen and oxygen atoms in total. The Morgan fingerprint density at radius 1 is 1.92 bits per heavy atom. The van der Waals surface area contributed by atoms with E-state index in [4.69, 9.17) is 5.73 Å². The van der Waals surface area contributed by atoms with Gasteiger partial charge in [-0.3, -0.25) is 9.89 Å². The first-order chi connectivity index (χ1) is 5.74. The van der Waals surface area contributed by atoms with Crippen molar-refractivity contribution in [1.82, 2.24) is 10.2 Å². The number of anilines is 1. The molecule has 5 heteroatoms. The highest BCUT2D eigenvalue weighted by Gasteiger charge is 2.10. The molecule has 1 aromatic heterocycles. The van der Waals surface area contributed by atoms with E-state index in [-0.39, 0.29) is 5.91 Å². The Labute approximate surface area is 70.3 Å². The van der Waals surface area contributed by atoms with Crippen molar-refractivity contribution in [3.63, 3.8) is 0 Å². The average molecular weight is 168 g/mol. The number of aromatic amines is 1. The van der Waals surface area contributed by atoms with E-state index in [1.807, 2.05) is 6.92 Å². The standard InChI is InChI=1S/C7H12N4O/c1-2-5(8)7(12)10-6-3-4-9-11-6/h3-5H,2,8H2,1H3,(H2,9,10,11,12). The minimum absolute atomic E-state index is 0.193. The third-order valence-electron chi connectivity index (χ3n) is 1.54. The van der Waals surface area contributed by atoms with E-state index in [1.165, 1.54) is 0 Å². The van der Waals surface area contributed by atoms with Crippen LogP contribution in [0.5, 0.6) is 0 Å². The van der Waals surface area contributed by atoms with Gasteiger partial charge in [0.15, 0.2) is 0 Å². The van der Waals surface area contributed by atoms with Crippen molar-refractivity contribution in [1.29, 1.82) is 0 Å². The Bertz CT molecular complexity index is 244. The SMILES string of the molecule is CCC(N)C(=O)Nc1ccn[nH]1. The topological polar surface area (TPSA) is 83.8 Å². The maximum absolute atomic E-state index is 11.2. The molecule has 1 amide bonds. The normalized spacial score (nSPS) is 12.5. The van der Waals surface area contributed by atoms with Gasteiger partial charge in [0.25, 0.3) is 0 Å². The number of hydrogen-bond acceptors (Lipinski definition) is 3. The number of carbonyl (C=O) groups excluding carboxylic acids is 1. The van der Waals surface area contributed by atoms with Crippen molar-refractivity contribution < 1.29 is 4.79 Å². The summed E-state index contributed by atoms with van der Waals surface area (Å²) in [6, 6.07) is 1.22. The monoisotopic (exact) mass is 168 g/mol. The van der Waals surface area contributed by atoms with Gasteiger partial charge in [0.2, 0.25) is 5.91 Å². The molecule has 0 saturated heterocycles. The van der Waals surface area contributed by atoms with Crippen LogP contribution in [0, 0.1) is 0 Å². The second kappa shape index (κ2) is 3.87. The number of H-pyrrole nitrogens is 1. The summed E-state index contributed by atoms with van der Waals surface area (Å²) in [5.74, 6) is 0.380. The molecule has 1 unspecified atom stereocenters. The molecule has 0 saturated carbocycles. The molecule has 1 aromatic rings. The number of nitrogens with one attached hydrogen (secondary N) is 2. The minimum atomic E-state index is -0.451. The van der Waals surface area contributed by atoms with Crippen LogP contribution in [0.3, 0.4) is 0 Å². The van der Waals surface area contributed by atoms with Crippen LogP contribution < -0.4 is 11.1 Å². The smallest absolute Gasteiger partial charge is 0.242 e. The van der Waals surface area contributed by atoms with Gasteiger partial charge in [-0.25, -0.2) is 0 Å². The van der Waals surface area contributed by atoms with E-state index < -0.39 is 6.04 Å². The number of nitrogens with two attached hydrogens (primary N) is 1.